The van der Waals surface area contributed by atoms with E-state index in [-0.39, 0.29) is 24.1 Å². The van der Waals surface area contributed by atoms with E-state index >= 15 is 0 Å². The summed E-state index contributed by atoms with van der Waals surface area (Å²) < 4.78 is 6.84. The number of ketones is 1. The van der Waals surface area contributed by atoms with E-state index in [4.69, 9.17) is 4.74 Å². The van der Waals surface area contributed by atoms with Crippen molar-refractivity contribution in [3.05, 3.63) is 84.2 Å². The van der Waals surface area contributed by atoms with Crippen LogP contribution in [0.3, 0.4) is 0 Å². The van der Waals surface area contributed by atoms with Crippen LogP contribution in [0.5, 0.6) is 5.75 Å². The van der Waals surface area contributed by atoms with Crippen molar-refractivity contribution in [3.63, 3.8) is 0 Å². The zero-order chi connectivity index (χ0) is 22.9. The number of rotatable bonds is 11. The molecule has 0 unspecified atom stereocenters. The van der Waals surface area contributed by atoms with Crippen LogP contribution in [0.2, 0.25) is 0 Å². The van der Waals surface area contributed by atoms with Crippen LogP contribution in [-0.2, 0) is 6.54 Å². The van der Waals surface area contributed by atoms with Crippen LogP contribution in [0, 0.1) is 0 Å². The van der Waals surface area contributed by atoms with Gasteiger partial charge in [0.25, 0.3) is 5.91 Å². The molecule has 0 aliphatic heterocycles. The first-order chi connectivity index (χ1) is 15.6. The highest BCUT2D eigenvalue weighted by Crippen LogP contribution is 2.23. The minimum absolute atomic E-state index is 0.0663. The van der Waals surface area contributed by atoms with Crippen LogP contribution in [0.4, 0.5) is 0 Å². The lowest BCUT2D eigenvalue weighted by molar-refractivity contribution is 0.0911. The molecule has 0 aliphatic carbocycles. The first-order valence-corrected chi connectivity index (χ1v) is 10.9. The fourth-order valence-electron chi connectivity index (χ4n) is 2.98. The Morgan fingerprint density at radius 3 is 2.50 bits per heavy atom. The van der Waals surface area contributed by atoms with Gasteiger partial charge in [-0.1, -0.05) is 36.0 Å². The molecule has 0 radical (unpaired) electrons. The molecule has 0 saturated carbocycles. The number of benzene rings is 2. The maximum Gasteiger partial charge on any atom is 0.251 e. The Balaban J connectivity index is 1.73. The van der Waals surface area contributed by atoms with E-state index in [1.54, 1.807) is 66.3 Å². The number of ether oxygens (including phenoxy) is 1. The van der Waals surface area contributed by atoms with E-state index in [1.807, 2.05) is 6.07 Å². The van der Waals surface area contributed by atoms with Gasteiger partial charge in [-0.3, -0.25) is 9.59 Å². The first-order valence-electron chi connectivity index (χ1n) is 9.88. The van der Waals surface area contributed by atoms with Crippen molar-refractivity contribution < 1.29 is 19.4 Å². The number of allylic oxidation sites excluding steroid dienone is 1. The molecule has 0 bridgehead atoms. The van der Waals surface area contributed by atoms with Gasteiger partial charge in [0.1, 0.15) is 11.8 Å². The third kappa shape index (κ3) is 5.63. The number of nitrogens with zero attached hydrogens (tertiary/aromatic N) is 3. The summed E-state index contributed by atoms with van der Waals surface area (Å²) >= 11 is 1.23. The maximum absolute atomic E-state index is 12.5. The molecule has 1 heterocycles. The number of Topliss-reactive ketones (excluding diaryl/α,β-unsaturated/α-hetero) is 1. The number of carbonyl (C=O) groups is 2. The van der Waals surface area contributed by atoms with E-state index in [0.29, 0.717) is 34.4 Å². The van der Waals surface area contributed by atoms with E-state index in [0.717, 1.165) is 0 Å². The van der Waals surface area contributed by atoms with Crippen LogP contribution >= 0.6 is 11.8 Å². The fraction of sp³-hybridized carbons (Fsp3) is 0.217. The van der Waals surface area contributed by atoms with Crippen molar-refractivity contribution >= 4 is 23.5 Å². The number of methoxy groups -OCH3 is 1. The highest BCUT2D eigenvalue weighted by atomic mass is 32.2. The molecule has 1 aromatic heterocycles. The Labute approximate surface area is 190 Å². The number of hydrogen-bond donors (Lipinski definition) is 2. The molecule has 3 rings (SSSR count). The number of aromatic nitrogens is 3. The Bertz CT molecular complexity index is 1070. The highest BCUT2D eigenvalue weighted by molar-refractivity contribution is 7.99. The third-order valence-electron chi connectivity index (χ3n) is 4.64. The topological polar surface area (TPSA) is 106 Å². The Hall–Kier alpha value is -3.43. The second-order valence-electron chi connectivity index (χ2n) is 6.76. The van der Waals surface area contributed by atoms with Gasteiger partial charge in [-0.15, -0.1) is 16.8 Å². The molecule has 0 fully saturated rings. The lowest BCUT2D eigenvalue weighted by atomic mass is 10.1. The molecule has 3 aromatic rings. The van der Waals surface area contributed by atoms with Crippen molar-refractivity contribution in [2.45, 2.75) is 17.7 Å². The number of carbonyl (C=O) groups excluding carboxylic acids is 2. The number of thioether (sulfide) groups is 1. The standard InChI is InChI=1S/C23H24N4O4S/c1-3-13-27-21(19(14-28)24-22(30)17-7-5-4-6-8-17)25-26-23(27)32-15-20(29)16-9-11-18(31-2)12-10-16/h3-12,19,28H,1,13-15H2,2H3,(H,24,30)/t19-/m1/s1. The van der Waals surface area contributed by atoms with Crippen LogP contribution < -0.4 is 10.1 Å². The molecule has 2 aromatic carbocycles. The van der Waals surface area contributed by atoms with Gasteiger partial charge in [0, 0.05) is 17.7 Å². The van der Waals surface area contributed by atoms with Crippen LogP contribution in [0.25, 0.3) is 0 Å². The van der Waals surface area contributed by atoms with E-state index in [9.17, 15) is 14.7 Å². The molecule has 166 valence electrons. The van der Waals surface area contributed by atoms with Crippen molar-refractivity contribution in [2.75, 3.05) is 19.5 Å². The molecule has 8 nitrogen and oxygen atoms in total. The largest absolute Gasteiger partial charge is 0.497 e. The number of aliphatic hydroxyl groups is 1. The summed E-state index contributed by atoms with van der Waals surface area (Å²) in [5, 5.41) is 21.5. The minimum atomic E-state index is -0.762. The average molecular weight is 453 g/mol. The first kappa shape index (κ1) is 23.2. The van der Waals surface area contributed by atoms with Gasteiger partial charge in [-0.25, -0.2) is 0 Å². The molecule has 1 amide bonds. The summed E-state index contributed by atoms with van der Waals surface area (Å²) in [6.45, 7) is 3.76. The SMILES string of the molecule is C=CCn1c(SCC(=O)c2ccc(OC)cc2)nnc1[C@@H](CO)NC(=O)c1ccccc1. The van der Waals surface area contributed by atoms with E-state index < -0.39 is 6.04 Å². The van der Waals surface area contributed by atoms with E-state index in [2.05, 4.69) is 22.1 Å². The van der Waals surface area contributed by atoms with Crippen LogP contribution in [-0.4, -0.2) is 51.0 Å². The van der Waals surface area contributed by atoms with E-state index in [1.165, 1.54) is 11.8 Å². The molecular weight excluding hydrogens is 428 g/mol. The number of hydrogen-bond acceptors (Lipinski definition) is 7. The number of amides is 1. The van der Waals surface area contributed by atoms with Gasteiger partial charge in [0.05, 0.1) is 19.5 Å². The smallest absolute Gasteiger partial charge is 0.251 e. The second-order valence-corrected chi connectivity index (χ2v) is 7.70. The van der Waals surface area contributed by atoms with Crippen molar-refractivity contribution in [2.24, 2.45) is 0 Å². The van der Waals surface area contributed by atoms with Gasteiger partial charge < -0.3 is 19.7 Å². The molecule has 0 spiro atoms. The summed E-state index contributed by atoms with van der Waals surface area (Å²) in [7, 11) is 1.57. The molecule has 2 N–H and O–H groups in total. The third-order valence-corrected chi connectivity index (χ3v) is 5.60. The zero-order valence-corrected chi connectivity index (χ0v) is 18.4. The Morgan fingerprint density at radius 1 is 1.16 bits per heavy atom. The number of aliphatic hydroxyl groups excluding tert-OH is 1. The molecule has 0 aliphatic rings. The summed E-state index contributed by atoms with van der Waals surface area (Å²) in [6, 6.07) is 14.8. The predicted molar refractivity (Wildman–Crippen MR) is 122 cm³/mol. The molecular formula is C23H24N4O4S. The highest BCUT2D eigenvalue weighted by Gasteiger charge is 2.23. The summed E-state index contributed by atoms with van der Waals surface area (Å²) in [4.78, 5) is 25.1. The van der Waals surface area contributed by atoms with Gasteiger partial charge >= 0.3 is 0 Å². The van der Waals surface area contributed by atoms with Crippen LogP contribution in [0.1, 0.15) is 32.6 Å². The molecule has 1 atom stereocenters. The van der Waals surface area contributed by atoms with Crippen molar-refractivity contribution in [1.82, 2.24) is 20.1 Å². The fourth-order valence-corrected chi connectivity index (χ4v) is 3.83. The summed E-state index contributed by atoms with van der Waals surface area (Å²) in [6.07, 6.45) is 1.66. The Morgan fingerprint density at radius 2 is 1.88 bits per heavy atom. The summed E-state index contributed by atoms with van der Waals surface area (Å²) in [5.74, 6) is 0.820. The van der Waals surface area contributed by atoms with Crippen molar-refractivity contribution in [3.8, 4) is 5.75 Å². The molecule has 9 heteroatoms. The van der Waals surface area contributed by atoms with Gasteiger partial charge in [-0.2, -0.15) is 0 Å². The molecule has 32 heavy (non-hydrogen) atoms. The lowest BCUT2D eigenvalue weighted by Gasteiger charge is -2.17. The second kappa shape index (κ2) is 11.3. The quantitative estimate of drug-likeness (QED) is 0.262. The van der Waals surface area contributed by atoms with Crippen molar-refractivity contribution in [1.29, 1.82) is 0 Å². The summed E-state index contributed by atoms with van der Waals surface area (Å²) in [5.41, 5.74) is 1.04. The van der Waals surface area contributed by atoms with Gasteiger partial charge in [-0.05, 0) is 36.4 Å². The number of nitrogens with one attached hydrogen (secondary N) is 1. The lowest BCUT2D eigenvalue weighted by Crippen LogP contribution is -2.32. The Kier molecular flexibility index (Phi) is 8.18. The average Bonchev–Trinajstić information content (AvgIpc) is 3.24. The van der Waals surface area contributed by atoms with Gasteiger partial charge in [0.15, 0.2) is 16.8 Å². The van der Waals surface area contributed by atoms with Crippen LogP contribution in [0.15, 0.2) is 72.4 Å². The zero-order valence-electron chi connectivity index (χ0n) is 17.6. The normalized spacial score (nSPS) is 11.6. The minimum Gasteiger partial charge on any atom is -0.497 e. The maximum atomic E-state index is 12.5. The van der Waals surface area contributed by atoms with Gasteiger partial charge in [0.2, 0.25) is 0 Å². The predicted octanol–water partition coefficient (Wildman–Crippen LogP) is 2.91. The monoisotopic (exact) mass is 452 g/mol. The molecule has 0 saturated heterocycles.